The van der Waals surface area contributed by atoms with Gasteiger partial charge in [0.25, 0.3) is 0 Å². The van der Waals surface area contributed by atoms with E-state index in [1.165, 1.54) is 110 Å². The van der Waals surface area contributed by atoms with Crippen LogP contribution in [-0.4, -0.2) is 0 Å². The predicted molar refractivity (Wildman–Crippen MR) is 263 cm³/mol. The average Bonchev–Trinajstić information content (AvgIpc) is 3.81. The molecule has 1 heteroatoms. The van der Waals surface area contributed by atoms with Crippen molar-refractivity contribution in [1.29, 1.82) is 0 Å². The Balaban J connectivity index is 0.980. The van der Waals surface area contributed by atoms with E-state index in [1.807, 2.05) is 0 Å². The Morgan fingerprint density at radius 3 is 1.34 bits per heavy atom. The fourth-order valence-corrected chi connectivity index (χ4v) is 11.0. The fourth-order valence-electron chi connectivity index (χ4n) is 11.0. The quantitative estimate of drug-likeness (QED) is 0.128. The summed E-state index contributed by atoms with van der Waals surface area (Å²) in [6, 6.07) is 76.0. The lowest BCUT2D eigenvalue weighted by Crippen LogP contribution is -2.15. The van der Waals surface area contributed by atoms with E-state index in [2.05, 4.69) is 220 Å². The number of furan rings is 1. The smallest absolute Gasteiger partial charge is 0.135 e. The van der Waals surface area contributed by atoms with Crippen molar-refractivity contribution in [2.45, 2.75) is 19.3 Å². The number of hydrogen-bond donors (Lipinski definition) is 0. The second-order valence-corrected chi connectivity index (χ2v) is 17.5. The van der Waals surface area contributed by atoms with Gasteiger partial charge in [0, 0.05) is 16.2 Å². The summed E-state index contributed by atoms with van der Waals surface area (Å²) in [5, 5.41) is 12.5. The molecule has 0 atom stereocenters. The van der Waals surface area contributed by atoms with E-state index < -0.39 is 0 Å². The molecule has 0 saturated carbocycles. The Hall–Kier alpha value is -7.74. The van der Waals surface area contributed by atoms with Crippen molar-refractivity contribution in [3.05, 3.63) is 217 Å². The molecule has 11 aromatic carbocycles. The second-order valence-electron chi connectivity index (χ2n) is 17.5. The normalized spacial score (nSPS) is 13.1. The highest BCUT2D eigenvalue weighted by Gasteiger charge is 2.38. The Labute approximate surface area is 360 Å². The zero-order chi connectivity index (χ0) is 41.1. The summed E-state index contributed by atoms with van der Waals surface area (Å²) in [5.74, 6) is 0. The maximum Gasteiger partial charge on any atom is 0.135 e. The molecular weight excluding hydrogens is 749 g/mol. The third-order valence-electron chi connectivity index (χ3n) is 13.8. The molecule has 0 aliphatic heterocycles. The molecule has 0 fully saturated rings. The van der Waals surface area contributed by atoms with Crippen molar-refractivity contribution < 1.29 is 4.42 Å². The molecule has 1 aromatic heterocycles. The van der Waals surface area contributed by atoms with Crippen LogP contribution in [-0.2, 0) is 5.41 Å². The van der Waals surface area contributed by atoms with E-state index in [0.29, 0.717) is 0 Å². The number of fused-ring (bicyclic) bond motifs is 13. The molecule has 0 N–H and O–H groups in total. The van der Waals surface area contributed by atoms with Gasteiger partial charge in [-0.25, -0.2) is 0 Å². The predicted octanol–water partition coefficient (Wildman–Crippen LogP) is 17.2. The van der Waals surface area contributed by atoms with Crippen LogP contribution in [0, 0.1) is 0 Å². The summed E-state index contributed by atoms with van der Waals surface area (Å²) < 4.78 is 6.57. The van der Waals surface area contributed by atoms with Crippen LogP contribution >= 0.6 is 0 Å². The molecule has 13 rings (SSSR count). The van der Waals surface area contributed by atoms with E-state index in [9.17, 15) is 0 Å². The van der Waals surface area contributed by atoms with Crippen molar-refractivity contribution in [2.75, 3.05) is 0 Å². The summed E-state index contributed by atoms with van der Waals surface area (Å²) in [7, 11) is 0. The standard InChI is InChI=1S/C61H40O/c1-61(2)54-30-27-39(35-53(54)59-45-21-8-6-19-43(45)44-20-7-13-26-50(44)60(59)61)40-28-31-55-51(34-40)52-36-42(29-32-56(52)62-55)58-48-24-11-9-22-46(48)57(47-23-10-12-25-49(47)58)41-18-14-17-38(33-41)37-15-4-3-5-16-37/h3-36H,1-2H3. The second kappa shape index (κ2) is 13.1. The summed E-state index contributed by atoms with van der Waals surface area (Å²) >= 11 is 0. The van der Waals surface area contributed by atoms with Crippen LogP contribution in [0.2, 0.25) is 0 Å². The van der Waals surface area contributed by atoms with Crippen LogP contribution in [0.4, 0.5) is 0 Å². The minimum absolute atomic E-state index is 0.132. The van der Waals surface area contributed by atoms with Crippen molar-refractivity contribution >= 4 is 65.0 Å². The Morgan fingerprint density at radius 2 is 0.710 bits per heavy atom. The molecule has 0 amide bonds. The maximum absolute atomic E-state index is 6.57. The molecular formula is C61H40O. The monoisotopic (exact) mass is 788 g/mol. The van der Waals surface area contributed by atoms with E-state index in [0.717, 1.165) is 21.9 Å². The minimum Gasteiger partial charge on any atom is -0.456 e. The van der Waals surface area contributed by atoms with Gasteiger partial charge < -0.3 is 4.42 Å². The lowest BCUT2D eigenvalue weighted by molar-refractivity contribution is 0.666. The fraction of sp³-hybridized carbons (Fsp3) is 0.0492. The van der Waals surface area contributed by atoms with Gasteiger partial charge in [0.05, 0.1) is 0 Å². The molecule has 62 heavy (non-hydrogen) atoms. The van der Waals surface area contributed by atoms with Gasteiger partial charge in [0.1, 0.15) is 11.2 Å². The minimum atomic E-state index is -0.132. The van der Waals surface area contributed by atoms with Crippen LogP contribution in [0.15, 0.2) is 211 Å². The van der Waals surface area contributed by atoms with Crippen LogP contribution in [0.25, 0.3) is 121 Å². The lowest BCUT2D eigenvalue weighted by atomic mass is 9.79. The van der Waals surface area contributed by atoms with Crippen molar-refractivity contribution in [3.63, 3.8) is 0 Å². The van der Waals surface area contributed by atoms with Gasteiger partial charge in [0.15, 0.2) is 0 Å². The maximum atomic E-state index is 6.57. The number of hydrogen-bond acceptors (Lipinski definition) is 1. The lowest BCUT2D eigenvalue weighted by Gasteiger charge is -2.24. The summed E-state index contributed by atoms with van der Waals surface area (Å²) in [4.78, 5) is 0. The molecule has 0 spiro atoms. The molecule has 1 heterocycles. The van der Waals surface area contributed by atoms with Crippen LogP contribution < -0.4 is 0 Å². The van der Waals surface area contributed by atoms with Crippen LogP contribution in [0.5, 0.6) is 0 Å². The van der Waals surface area contributed by atoms with Crippen molar-refractivity contribution in [1.82, 2.24) is 0 Å². The van der Waals surface area contributed by atoms with Gasteiger partial charge in [-0.05, 0) is 146 Å². The Morgan fingerprint density at radius 1 is 0.290 bits per heavy atom. The zero-order valence-electron chi connectivity index (χ0n) is 34.5. The van der Waals surface area contributed by atoms with Gasteiger partial charge in [-0.1, -0.05) is 184 Å². The topological polar surface area (TPSA) is 13.1 Å². The first-order valence-corrected chi connectivity index (χ1v) is 21.7. The Bertz CT molecular complexity index is 3770. The van der Waals surface area contributed by atoms with Gasteiger partial charge >= 0.3 is 0 Å². The van der Waals surface area contributed by atoms with E-state index in [-0.39, 0.29) is 5.41 Å². The largest absolute Gasteiger partial charge is 0.456 e. The van der Waals surface area contributed by atoms with Crippen molar-refractivity contribution in [2.24, 2.45) is 0 Å². The summed E-state index contributed by atoms with van der Waals surface area (Å²) in [5.41, 5.74) is 16.9. The SMILES string of the molecule is CC1(C)c2ccc(-c3ccc4oc5ccc(-c6c7ccccc7c(-c7cccc(-c8ccccc8)c7)c7ccccc67)cc5c4c3)cc2-c2c1c1ccccc1c1ccccc21. The molecule has 0 radical (unpaired) electrons. The number of rotatable bonds is 4. The first kappa shape index (κ1) is 35.1. The molecule has 12 aromatic rings. The van der Waals surface area contributed by atoms with Crippen LogP contribution in [0.1, 0.15) is 25.0 Å². The highest BCUT2D eigenvalue weighted by molar-refractivity contribution is 6.23. The highest BCUT2D eigenvalue weighted by Crippen LogP contribution is 2.55. The first-order chi connectivity index (χ1) is 30.5. The molecule has 1 aliphatic rings. The highest BCUT2D eigenvalue weighted by atomic mass is 16.3. The zero-order valence-corrected chi connectivity index (χ0v) is 34.5. The molecule has 0 bridgehead atoms. The molecule has 1 aliphatic carbocycles. The van der Waals surface area contributed by atoms with E-state index >= 15 is 0 Å². The molecule has 0 unspecified atom stereocenters. The third kappa shape index (κ3) is 5.03. The molecule has 1 nitrogen and oxygen atoms in total. The van der Waals surface area contributed by atoms with Gasteiger partial charge in [-0.2, -0.15) is 0 Å². The number of benzene rings is 11. The molecule has 290 valence electrons. The van der Waals surface area contributed by atoms with Gasteiger partial charge in [-0.15, -0.1) is 0 Å². The van der Waals surface area contributed by atoms with E-state index in [1.54, 1.807) is 0 Å². The Kier molecular flexibility index (Phi) is 7.42. The van der Waals surface area contributed by atoms with Crippen LogP contribution in [0.3, 0.4) is 0 Å². The summed E-state index contributed by atoms with van der Waals surface area (Å²) in [6.07, 6.45) is 0. The average molecular weight is 789 g/mol. The van der Waals surface area contributed by atoms with Crippen molar-refractivity contribution in [3.8, 4) is 55.6 Å². The first-order valence-electron chi connectivity index (χ1n) is 21.7. The third-order valence-corrected chi connectivity index (χ3v) is 13.8. The van der Waals surface area contributed by atoms with Gasteiger partial charge in [0.2, 0.25) is 0 Å². The summed E-state index contributed by atoms with van der Waals surface area (Å²) in [6.45, 7) is 4.78. The van der Waals surface area contributed by atoms with E-state index in [4.69, 9.17) is 4.42 Å². The molecule has 0 saturated heterocycles. The van der Waals surface area contributed by atoms with Gasteiger partial charge in [-0.3, -0.25) is 0 Å².